The van der Waals surface area contributed by atoms with E-state index < -0.39 is 56.6 Å². The lowest BCUT2D eigenvalue weighted by Gasteiger charge is -2.36. The molecule has 1 N–H and O–H groups in total. The fraction of sp³-hybridized carbons (Fsp3) is 0.308. The molecule has 2 aromatic carbocycles. The molecular weight excluding hydrogens is 555 g/mol. The Bertz CT molecular complexity index is 1550. The van der Waals surface area contributed by atoms with Crippen LogP contribution in [0.2, 0.25) is 0 Å². The number of benzene rings is 2. The van der Waals surface area contributed by atoms with Crippen molar-refractivity contribution in [3.05, 3.63) is 68.6 Å². The largest absolute Gasteiger partial charge is 0.497 e. The third kappa shape index (κ3) is 4.52. The molecule has 3 amide bonds. The van der Waals surface area contributed by atoms with E-state index in [0.717, 1.165) is 35.2 Å². The first-order valence-corrected chi connectivity index (χ1v) is 13.4. The zero-order chi connectivity index (χ0) is 28.3. The van der Waals surface area contributed by atoms with Crippen LogP contribution in [0.15, 0.2) is 58.4 Å². The van der Waals surface area contributed by atoms with Gasteiger partial charge in [0.15, 0.2) is 0 Å². The van der Waals surface area contributed by atoms with Crippen molar-refractivity contribution in [2.45, 2.75) is 42.3 Å². The summed E-state index contributed by atoms with van der Waals surface area (Å²) in [5.74, 6) is -2.43. The lowest BCUT2D eigenvalue weighted by Crippen LogP contribution is -2.42. The number of alkyl halides is 3. The summed E-state index contributed by atoms with van der Waals surface area (Å²) in [5.41, 5.74) is -2.18. The summed E-state index contributed by atoms with van der Waals surface area (Å²) in [6.45, 7) is 3.02. The number of nitrogens with one attached hydrogen (secondary N) is 1. The van der Waals surface area contributed by atoms with Gasteiger partial charge in [0.2, 0.25) is 17.7 Å². The van der Waals surface area contributed by atoms with Gasteiger partial charge in [0.05, 0.1) is 29.3 Å². The monoisotopic (exact) mass is 577 g/mol. The van der Waals surface area contributed by atoms with Gasteiger partial charge >= 0.3 is 11.0 Å². The molecule has 3 aromatic rings. The van der Waals surface area contributed by atoms with Gasteiger partial charge in [0, 0.05) is 16.0 Å². The Morgan fingerprint density at radius 3 is 2.36 bits per heavy atom. The highest BCUT2D eigenvalue weighted by Gasteiger charge is 2.60. The number of halogens is 3. The van der Waals surface area contributed by atoms with Crippen LogP contribution in [-0.4, -0.2) is 34.6 Å². The number of hydrogen-bond donors (Lipinski definition) is 1. The molecule has 5 rings (SSSR count). The smallest absolute Gasteiger partial charge is 0.418 e. The summed E-state index contributed by atoms with van der Waals surface area (Å²) in [4.78, 5) is 53.5. The molecule has 2 aliphatic rings. The topological polar surface area (TPSA) is 97.7 Å². The van der Waals surface area contributed by atoms with Crippen LogP contribution in [0.3, 0.4) is 0 Å². The first-order chi connectivity index (χ1) is 18.3. The molecule has 39 heavy (non-hydrogen) atoms. The van der Waals surface area contributed by atoms with Crippen LogP contribution in [0.5, 0.6) is 5.75 Å². The minimum atomic E-state index is -4.77. The average Bonchev–Trinajstić information content (AvgIpc) is 3.33. The van der Waals surface area contributed by atoms with Gasteiger partial charge in [0.25, 0.3) is 0 Å². The molecule has 2 aliphatic heterocycles. The quantitative estimate of drug-likeness (QED) is 0.448. The van der Waals surface area contributed by atoms with Gasteiger partial charge in [-0.25, -0.2) is 4.90 Å². The van der Waals surface area contributed by atoms with Gasteiger partial charge in [-0.2, -0.15) is 13.2 Å². The molecule has 0 spiro atoms. The highest BCUT2D eigenvalue weighted by molar-refractivity contribution is 8.00. The van der Waals surface area contributed by atoms with Crippen LogP contribution in [0.25, 0.3) is 0 Å². The number of thiazole rings is 1. The fourth-order valence-electron chi connectivity index (χ4n) is 4.93. The molecule has 0 aliphatic carbocycles. The Hall–Kier alpha value is -3.58. The number of amides is 3. The van der Waals surface area contributed by atoms with Crippen molar-refractivity contribution in [3.63, 3.8) is 0 Å². The Kier molecular flexibility index (Phi) is 6.62. The molecule has 2 atom stereocenters. The predicted molar refractivity (Wildman–Crippen MR) is 140 cm³/mol. The summed E-state index contributed by atoms with van der Waals surface area (Å²) in [5, 5.41) is 1.99. The highest BCUT2D eigenvalue weighted by Crippen LogP contribution is 2.55. The van der Waals surface area contributed by atoms with Crippen molar-refractivity contribution in [2.75, 3.05) is 17.3 Å². The van der Waals surface area contributed by atoms with E-state index in [-0.39, 0.29) is 6.54 Å². The summed E-state index contributed by atoms with van der Waals surface area (Å²) < 4.78 is 47.5. The minimum absolute atomic E-state index is 0.347. The number of anilines is 2. The van der Waals surface area contributed by atoms with E-state index in [9.17, 15) is 32.3 Å². The van der Waals surface area contributed by atoms with Crippen molar-refractivity contribution in [1.29, 1.82) is 0 Å². The van der Waals surface area contributed by atoms with Crippen LogP contribution >= 0.6 is 23.1 Å². The number of thioether (sulfide) groups is 1. The van der Waals surface area contributed by atoms with Crippen molar-refractivity contribution in [2.24, 2.45) is 5.92 Å². The molecule has 0 unspecified atom stereocenters. The highest BCUT2D eigenvalue weighted by atomic mass is 32.2. The number of carbonyl (C=O) groups excluding carboxylic acids is 3. The molecule has 0 bridgehead atoms. The molecule has 1 fully saturated rings. The van der Waals surface area contributed by atoms with E-state index in [1.807, 2.05) is 0 Å². The average molecular weight is 578 g/mol. The third-order valence-electron chi connectivity index (χ3n) is 6.83. The van der Waals surface area contributed by atoms with E-state index in [1.54, 1.807) is 38.1 Å². The van der Waals surface area contributed by atoms with Crippen molar-refractivity contribution in [3.8, 4) is 5.75 Å². The number of rotatable bonds is 5. The standard InChI is InChI=1S/C26H22F3N3O5S2/c1-25(2)18-19(22(35)32(21(18)34)16-7-5-4-6-15(16)26(27,28)29)38-23-20(25)39-24(36)31(23)12-17(33)30-13-8-10-14(37-3)11-9-13/h4-11,18-19H,12H2,1-3H3,(H,30,33)/t18-,19+/m1/s1. The maximum absolute atomic E-state index is 13.7. The molecule has 0 saturated carbocycles. The Balaban J connectivity index is 1.47. The molecule has 1 aromatic heterocycles. The maximum atomic E-state index is 13.7. The summed E-state index contributed by atoms with van der Waals surface area (Å²) in [7, 11) is 1.51. The lowest BCUT2D eigenvalue weighted by molar-refractivity contribution is -0.137. The zero-order valence-electron chi connectivity index (χ0n) is 20.9. The minimum Gasteiger partial charge on any atom is -0.497 e. The van der Waals surface area contributed by atoms with E-state index >= 15 is 0 Å². The number of carbonyl (C=O) groups is 3. The van der Waals surface area contributed by atoms with E-state index in [2.05, 4.69) is 5.32 Å². The second-order valence-electron chi connectivity index (χ2n) is 9.63. The zero-order valence-corrected chi connectivity index (χ0v) is 22.5. The number of imide groups is 1. The SMILES string of the molecule is COc1ccc(NC(=O)Cn2c3c(sc2=O)C(C)(C)[C@H]2C(=O)N(c4ccccc4C(F)(F)F)C(=O)[C@H]2S3)cc1. The van der Waals surface area contributed by atoms with E-state index in [0.29, 0.717) is 26.2 Å². The van der Waals surface area contributed by atoms with Crippen LogP contribution < -0.4 is 19.8 Å². The van der Waals surface area contributed by atoms with Gasteiger partial charge in [-0.05, 0) is 36.4 Å². The number of nitrogens with zero attached hydrogens (tertiary/aromatic N) is 2. The Morgan fingerprint density at radius 2 is 1.72 bits per heavy atom. The van der Waals surface area contributed by atoms with Crippen LogP contribution in [0.1, 0.15) is 24.3 Å². The lowest BCUT2D eigenvalue weighted by atomic mass is 9.76. The van der Waals surface area contributed by atoms with Gasteiger partial charge in [-0.15, -0.1) is 0 Å². The van der Waals surface area contributed by atoms with Gasteiger partial charge in [-0.1, -0.05) is 49.1 Å². The molecule has 1 saturated heterocycles. The molecule has 204 valence electrons. The van der Waals surface area contributed by atoms with Gasteiger partial charge < -0.3 is 10.1 Å². The number of ether oxygens (including phenoxy) is 1. The van der Waals surface area contributed by atoms with E-state index in [1.165, 1.54) is 23.8 Å². The van der Waals surface area contributed by atoms with Crippen molar-refractivity contribution < 1.29 is 32.3 Å². The van der Waals surface area contributed by atoms with E-state index in [4.69, 9.17) is 4.74 Å². The fourth-order valence-corrected chi connectivity index (χ4v) is 7.97. The third-order valence-corrected chi connectivity index (χ3v) is 9.65. The van der Waals surface area contributed by atoms with Gasteiger partial charge in [0.1, 0.15) is 17.5 Å². The van der Waals surface area contributed by atoms with Crippen molar-refractivity contribution >= 4 is 52.2 Å². The number of methoxy groups -OCH3 is 1. The number of para-hydroxylation sites is 1. The second-order valence-corrected chi connectivity index (χ2v) is 11.7. The Morgan fingerprint density at radius 1 is 1.05 bits per heavy atom. The molecule has 13 heteroatoms. The maximum Gasteiger partial charge on any atom is 0.418 e. The normalized spacial score (nSPS) is 20.0. The van der Waals surface area contributed by atoms with Gasteiger partial charge in [-0.3, -0.25) is 23.7 Å². The number of fused-ring (bicyclic) bond motifs is 2. The van der Waals surface area contributed by atoms with Crippen molar-refractivity contribution in [1.82, 2.24) is 4.57 Å². The van der Waals surface area contributed by atoms with Crippen LogP contribution in [-0.2, 0) is 32.5 Å². The summed E-state index contributed by atoms with van der Waals surface area (Å²) in [6, 6.07) is 11.1. The first kappa shape index (κ1) is 27.0. The molecule has 3 heterocycles. The molecule has 0 radical (unpaired) electrons. The number of aromatic nitrogens is 1. The first-order valence-electron chi connectivity index (χ1n) is 11.7. The second kappa shape index (κ2) is 9.56. The Labute approximate surface area is 228 Å². The summed E-state index contributed by atoms with van der Waals surface area (Å²) in [6.07, 6.45) is -4.77. The molecule has 8 nitrogen and oxygen atoms in total. The van der Waals surface area contributed by atoms with Crippen LogP contribution in [0.4, 0.5) is 24.5 Å². The van der Waals surface area contributed by atoms with Crippen LogP contribution in [0, 0.1) is 5.92 Å². The molecular formula is C26H22F3N3O5S2. The predicted octanol–water partition coefficient (Wildman–Crippen LogP) is 4.52. The summed E-state index contributed by atoms with van der Waals surface area (Å²) >= 11 is 1.80. The number of hydrogen-bond acceptors (Lipinski definition) is 7.